The first-order chi connectivity index (χ1) is 12.6. The van der Waals surface area contributed by atoms with Crippen LogP contribution in [0.3, 0.4) is 0 Å². The van der Waals surface area contributed by atoms with Gasteiger partial charge in [-0.2, -0.15) is 0 Å². The lowest BCUT2D eigenvalue weighted by atomic mass is 9.66. The number of likely N-dealkylation sites (tertiary alicyclic amines) is 2. The normalized spacial score (nSPS) is 33.7. The first-order valence-electron chi connectivity index (χ1n) is 10.4. The molecule has 0 aromatic heterocycles. The topological polar surface area (TPSA) is 43.8 Å². The summed E-state index contributed by atoms with van der Waals surface area (Å²) in [6.45, 7) is 2.73. The number of aliphatic hydroxyl groups is 1. The number of carbonyl (C=O) groups excluding carboxylic acids is 1. The van der Waals surface area contributed by atoms with E-state index in [1.807, 2.05) is 18.2 Å². The molecule has 1 saturated carbocycles. The number of fused-ring (bicyclic) bond motifs is 1. The second-order valence-corrected chi connectivity index (χ2v) is 8.61. The highest BCUT2D eigenvalue weighted by Gasteiger charge is 2.50. The summed E-state index contributed by atoms with van der Waals surface area (Å²) >= 11 is 0. The Labute approximate surface area is 157 Å². The van der Waals surface area contributed by atoms with Crippen molar-refractivity contribution in [1.82, 2.24) is 9.80 Å². The molecule has 2 aliphatic heterocycles. The molecule has 1 N–H and O–H groups in total. The molecule has 1 amide bonds. The minimum absolute atomic E-state index is 0.169. The van der Waals surface area contributed by atoms with Gasteiger partial charge < -0.3 is 14.9 Å². The molecule has 1 aliphatic carbocycles. The number of benzene rings is 1. The summed E-state index contributed by atoms with van der Waals surface area (Å²) in [5, 5.41) is 11.6. The van der Waals surface area contributed by atoms with Gasteiger partial charge in [-0.3, -0.25) is 4.79 Å². The third kappa shape index (κ3) is 3.18. The number of hydrogen-bond acceptors (Lipinski definition) is 3. The number of carbonyl (C=O) groups is 1. The molecule has 0 bridgehead atoms. The molecule has 3 fully saturated rings. The highest BCUT2D eigenvalue weighted by Crippen LogP contribution is 2.47. The lowest BCUT2D eigenvalue weighted by molar-refractivity contribution is -0.159. The van der Waals surface area contributed by atoms with Crippen molar-refractivity contribution in [2.24, 2.45) is 11.8 Å². The van der Waals surface area contributed by atoms with Crippen LogP contribution in [0.15, 0.2) is 30.3 Å². The number of hydrogen-bond donors (Lipinski definition) is 1. The van der Waals surface area contributed by atoms with Crippen LogP contribution in [0.4, 0.5) is 0 Å². The molecule has 1 aromatic carbocycles. The average Bonchev–Trinajstić information content (AvgIpc) is 2.69. The summed E-state index contributed by atoms with van der Waals surface area (Å²) < 4.78 is 0. The largest absolute Gasteiger partial charge is 0.385 e. The van der Waals surface area contributed by atoms with Gasteiger partial charge in [0.05, 0.1) is 5.60 Å². The van der Waals surface area contributed by atoms with E-state index >= 15 is 0 Å². The highest BCUT2D eigenvalue weighted by molar-refractivity contribution is 5.79. The van der Waals surface area contributed by atoms with Crippen LogP contribution >= 0.6 is 0 Å². The molecule has 1 unspecified atom stereocenters. The average molecular weight is 357 g/mol. The summed E-state index contributed by atoms with van der Waals surface area (Å²) in [4.78, 5) is 17.8. The second-order valence-electron chi connectivity index (χ2n) is 8.61. The predicted octanol–water partition coefficient (Wildman–Crippen LogP) is 3.01. The molecular formula is C22H32N2O2. The molecule has 26 heavy (non-hydrogen) atoms. The van der Waals surface area contributed by atoms with Crippen molar-refractivity contribution in [1.29, 1.82) is 0 Å². The van der Waals surface area contributed by atoms with Crippen molar-refractivity contribution in [3.05, 3.63) is 35.9 Å². The van der Waals surface area contributed by atoms with Crippen LogP contribution in [-0.2, 0) is 10.4 Å². The fourth-order valence-electron chi connectivity index (χ4n) is 5.53. The van der Waals surface area contributed by atoms with Crippen LogP contribution in [0.5, 0.6) is 0 Å². The minimum atomic E-state index is -0.782. The molecule has 2 heterocycles. The van der Waals surface area contributed by atoms with Gasteiger partial charge in [-0.25, -0.2) is 0 Å². The maximum Gasteiger partial charge on any atom is 0.226 e. The van der Waals surface area contributed by atoms with E-state index in [-0.39, 0.29) is 17.9 Å². The van der Waals surface area contributed by atoms with Crippen molar-refractivity contribution in [2.45, 2.75) is 56.6 Å². The quantitative estimate of drug-likeness (QED) is 0.886. The van der Waals surface area contributed by atoms with Crippen LogP contribution in [0.1, 0.15) is 50.5 Å². The van der Waals surface area contributed by atoms with Gasteiger partial charge in [0.15, 0.2) is 0 Å². The zero-order valence-electron chi connectivity index (χ0n) is 15.9. The van der Waals surface area contributed by atoms with E-state index in [1.54, 1.807) is 0 Å². The Morgan fingerprint density at radius 3 is 2.46 bits per heavy atom. The van der Waals surface area contributed by atoms with Crippen LogP contribution in [0.25, 0.3) is 0 Å². The van der Waals surface area contributed by atoms with Crippen molar-refractivity contribution >= 4 is 5.91 Å². The van der Waals surface area contributed by atoms with Gasteiger partial charge in [-0.1, -0.05) is 43.2 Å². The van der Waals surface area contributed by atoms with E-state index in [2.05, 4.69) is 29.0 Å². The van der Waals surface area contributed by atoms with E-state index in [1.165, 1.54) is 6.42 Å². The van der Waals surface area contributed by atoms with Crippen molar-refractivity contribution in [2.75, 3.05) is 26.7 Å². The summed E-state index contributed by atoms with van der Waals surface area (Å²) in [5.41, 5.74) is 0.249. The first-order valence-corrected chi connectivity index (χ1v) is 10.4. The van der Waals surface area contributed by atoms with Crippen LogP contribution in [0, 0.1) is 11.8 Å². The standard InChI is InChI=1S/C22H32N2O2/c1-23-14-11-17(12-15-23)21(25)24-16-13-22(26,18-7-3-2-4-8-18)19-9-5-6-10-20(19)24/h2-4,7-8,17,19-20,26H,5-6,9-16H2,1H3/t19-,20+,22?/m1/s1. The Morgan fingerprint density at radius 1 is 1.04 bits per heavy atom. The third-order valence-electron chi connectivity index (χ3n) is 7.10. The molecule has 1 aromatic rings. The van der Waals surface area contributed by atoms with Gasteiger partial charge in [-0.15, -0.1) is 0 Å². The molecule has 4 rings (SSSR count). The van der Waals surface area contributed by atoms with E-state index in [0.717, 1.165) is 50.8 Å². The van der Waals surface area contributed by atoms with E-state index in [4.69, 9.17) is 0 Å². The van der Waals surface area contributed by atoms with E-state index < -0.39 is 5.60 Å². The summed E-state index contributed by atoms with van der Waals surface area (Å²) in [6, 6.07) is 10.3. The minimum Gasteiger partial charge on any atom is -0.385 e. The molecular weight excluding hydrogens is 324 g/mol. The predicted molar refractivity (Wildman–Crippen MR) is 103 cm³/mol. The number of piperidine rings is 2. The Bertz CT molecular complexity index is 626. The maximum absolute atomic E-state index is 13.3. The molecule has 4 nitrogen and oxygen atoms in total. The molecule has 142 valence electrons. The molecule has 0 radical (unpaired) electrons. The zero-order valence-corrected chi connectivity index (χ0v) is 15.9. The zero-order chi connectivity index (χ0) is 18.1. The van der Waals surface area contributed by atoms with Crippen molar-refractivity contribution < 1.29 is 9.90 Å². The number of nitrogens with zero attached hydrogens (tertiary/aromatic N) is 2. The smallest absolute Gasteiger partial charge is 0.226 e. The fourth-order valence-corrected chi connectivity index (χ4v) is 5.53. The lowest BCUT2D eigenvalue weighted by Crippen LogP contribution is -2.60. The third-order valence-corrected chi connectivity index (χ3v) is 7.10. The molecule has 0 spiro atoms. The number of rotatable bonds is 2. The fraction of sp³-hybridized carbons (Fsp3) is 0.682. The van der Waals surface area contributed by atoms with Crippen molar-refractivity contribution in [3.63, 3.8) is 0 Å². The molecule has 2 saturated heterocycles. The Balaban J connectivity index is 1.56. The molecule has 3 atom stereocenters. The van der Waals surface area contributed by atoms with Crippen molar-refractivity contribution in [3.8, 4) is 0 Å². The van der Waals surface area contributed by atoms with E-state index in [9.17, 15) is 9.90 Å². The maximum atomic E-state index is 13.3. The molecule has 4 heteroatoms. The van der Waals surface area contributed by atoms with Gasteiger partial charge >= 0.3 is 0 Å². The first kappa shape index (κ1) is 18.0. The molecule has 3 aliphatic rings. The summed E-state index contributed by atoms with van der Waals surface area (Å²) in [7, 11) is 2.14. The van der Waals surface area contributed by atoms with Gasteiger partial charge in [0.2, 0.25) is 5.91 Å². The van der Waals surface area contributed by atoms with Crippen LogP contribution < -0.4 is 0 Å². The van der Waals surface area contributed by atoms with Gasteiger partial charge in [0, 0.05) is 24.4 Å². The van der Waals surface area contributed by atoms with Crippen LogP contribution in [-0.4, -0.2) is 53.5 Å². The second kappa shape index (κ2) is 7.32. The highest BCUT2D eigenvalue weighted by atomic mass is 16.3. The lowest BCUT2D eigenvalue weighted by Gasteiger charge is -2.53. The number of amides is 1. The monoisotopic (exact) mass is 356 g/mol. The van der Waals surface area contributed by atoms with Gasteiger partial charge in [-0.05, 0) is 57.8 Å². The summed E-state index contributed by atoms with van der Waals surface area (Å²) in [5.74, 6) is 0.699. The van der Waals surface area contributed by atoms with E-state index in [0.29, 0.717) is 18.9 Å². The Kier molecular flexibility index (Phi) is 5.07. The van der Waals surface area contributed by atoms with Crippen LogP contribution in [0.2, 0.25) is 0 Å². The van der Waals surface area contributed by atoms with Gasteiger partial charge in [0.25, 0.3) is 0 Å². The Morgan fingerprint density at radius 2 is 1.73 bits per heavy atom. The van der Waals surface area contributed by atoms with Gasteiger partial charge in [0.1, 0.15) is 0 Å². The Hall–Kier alpha value is -1.39. The SMILES string of the molecule is CN1CCC(C(=O)N2CCC(O)(c3ccccc3)[C@@H]3CCCC[C@@H]32)CC1. The summed E-state index contributed by atoms with van der Waals surface area (Å²) in [6.07, 6.45) is 7.01.